The molecule has 114 valence electrons. The normalized spacial score (nSPS) is 31.0. The van der Waals surface area contributed by atoms with Gasteiger partial charge < -0.3 is 4.74 Å². The molecule has 22 heavy (non-hydrogen) atoms. The first-order valence-corrected chi connectivity index (χ1v) is 8.34. The van der Waals surface area contributed by atoms with E-state index in [4.69, 9.17) is 4.74 Å². The van der Waals surface area contributed by atoms with Crippen LogP contribution >= 0.6 is 0 Å². The molecule has 0 amide bonds. The van der Waals surface area contributed by atoms with Crippen molar-refractivity contribution in [1.29, 1.82) is 0 Å². The molecule has 0 radical (unpaired) electrons. The van der Waals surface area contributed by atoms with Gasteiger partial charge in [-0.25, -0.2) is 0 Å². The van der Waals surface area contributed by atoms with Gasteiger partial charge in [-0.2, -0.15) is 0 Å². The highest BCUT2D eigenvalue weighted by Gasteiger charge is 2.45. The van der Waals surface area contributed by atoms with Crippen molar-refractivity contribution in [3.8, 4) is 0 Å². The number of hydrogen-bond donors (Lipinski definition) is 0. The molecule has 3 aliphatic rings. The van der Waals surface area contributed by atoms with Crippen molar-refractivity contribution < 1.29 is 9.53 Å². The second-order valence-electron chi connectivity index (χ2n) is 7.00. The molecular weight excluding hydrogens is 272 g/mol. The number of carbonyl (C=O) groups is 1. The van der Waals surface area contributed by atoms with Crippen molar-refractivity contribution in [1.82, 2.24) is 0 Å². The highest BCUT2D eigenvalue weighted by atomic mass is 16.5. The molecular formula is C20H22O2. The fourth-order valence-electron chi connectivity index (χ4n) is 4.09. The fraction of sp³-hybridized carbons (Fsp3) is 0.450. The van der Waals surface area contributed by atoms with Gasteiger partial charge in [0.15, 0.2) is 5.78 Å². The maximum Gasteiger partial charge on any atom is 0.162 e. The van der Waals surface area contributed by atoms with Gasteiger partial charge in [-0.1, -0.05) is 36.4 Å². The lowest BCUT2D eigenvalue weighted by molar-refractivity contribution is -0.119. The van der Waals surface area contributed by atoms with Crippen LogP contribution in [0, 0.1) is 5.92 Å². The second kappa shape index (κ2) is 5.12. The summed E-state index contributed by atoms with van der Waals surface area (Å²) in [5.41, 5.74) is 3.57. The molecule has 0 saturated carbocycles. The maximum absolute atomic E-state index is 12.2. The van der Waals surface area contributed by atoms with Crippen LogP contribution in [0.1, 0.15) is 51.0 Å². The van der Waals surface area contributed by atoms with Crippen LogP contribution in [-0.2, 0) is 9.53 Å². The number of allylic oxidation sites excluding steroid dienone is 3. The zero-order valence-electron chi connectivity index (χ0n) is 13.1. The third-order valence-electron chi connectivity index (χ3n) is 5.52. The van der Waals surface area contributed by atoms with E-state index in [-0.39, 0.29) is 5.60 Å². The van der Waals surface area contributed by atoms with E-state index in [1.807, 2.05) is 0 Å². The number of ether oxygens (including phenoxy) is 1. The molecule has 2 heteroatoms. The van der Waals surface area contributed by atoms with Crippen LogP contribution < -0.4 is 0 Å². The van der Waals surface area contributed by atoms with Gasteiger partial charge in [0.1, 0.15) is 11.4 Å². The summed E-state index contributed by atoms with van der Waals surface area (Å²) in [6.45, 7) is 2.22. The van der Waals surface area contributed by atoms with Crippen LogP contribution in [0.4, 0.5) is 0 Å². The average Bonchev–Trinajstić information content (AvgIpc) is 2.54. The minimum absolute atomic E-state index is 0.130. The first-order valence-electron chi connectivity index (χ1n) is 8.34. The topological polar surface area (TPSA) is 26.3 Å². The molecule has 1 aromatic carbocycles. The van der Waals surface area contributed by atoms with Gasteiger partial charge in [0.25, 0.3) is 0 Å². The van der Waals surface area contributed by atoms with Gasteiger partial charge in [0.2, 0.25) is 0 Å². The summed E-state index contributed by atoms with van der Waals surface area (Å²) in [6.07, 6.45) is 7.77. The molecule has 2 aliphatic carbocycles. The van der Waals surface area contributed by atoms with Gasteiger partial charge in [-0.3, -0.25) is 4.79 Å². The first-order chi connectivity index (χ1) is 10.7. The summed E-state index contributed by atoms with van der Waals surface area (Å²) in [5.74, 6) is 1.72. The monoisotopic (exact) mass is 294 g/mol. The van der Waals surface area contributed by atoms with Crippen molar-refractivity contribution >= 4 is 11.4 Å². The van der Waals surface area contributed by atoms with E-state index in [1.165, 1.54) is 11.1 Å². The Hall–Kier alpha value is -1.83. The van der Waals surface area contributed by atoms with Gasteiger partial charge in [0, 0.05) is 30.8 Å². The Kier molecular flexibility index (Phi) is 3.21. The van der Waals surface area contributed by atoms with Crippen molar-refractivity contribution in [3.05, 3.63) is 53.3 Å². The summed E-state index contributed by atoms with van der Waals surface area (Å²) in [4.78, 5) is 12.2. The predicted octanol–water partition coefficient (Wildman–Crippen LogP) is 4.67. The number of ketones is 1. The molecule has 1 aliphatic heterocycles. The lowest BCUT2D eigenvalue weighted by Crippen LogP contribution is -2.44. The van der Waals surface area contributed by atoms with Crippen molar-refractivity contribution in [3.63, 3.8) is 0 Å². The lowest BCUT2D eigenvalue weighted by Gasteiger charge is -2.46. The molecule has 2 nitrogen and oxygen atoms in total. The number of Topliss-reactive ketones (excluding diaryl/α,β-unsaturated/α-hetero) is 1. The van der Waals surface area contributed by atoms with Gasteiger partial charge >= 0.3 is 0 Å². The highest BCUT2D eigenvalue weighted by Crippen LogP contribution is 2.49. The van der Waals surface area contributed by atoms with Gasteiger partial charge in [0.05, 0.1) is 0 Å². The summed E-state index contributed by atoms with van der Waals surface area (Å²) < 4.78 is 6.35. The van der Waals surface area contributed by atoms with Crippen molar-refractivity contribution in [2.24, 2.45) is 5.92 Å². The molecule has 0 saturated heterocycles. The predicted molar refractivity (Wildman–Crippen MR) is 87.1 cm³/mol. The van der Waals surface area contributed by atoms with Crippen LogP contribution in [0.2, 0.25) is 0 Å². The standard InChI is InChI=1S/C20H22O2/c1-20-11-10-15(14-6-3-2-4-7-14)12-16(20)13-17-18(21)8-5-9-19(17)22-20/h2-4,6-7,10,16H,5,8-9,11-13H2,1H3/t16-,20-/m0/s1. The zero-order chi connectivity index (χ0) is 15.2. The molecule has 0 N–H and O–H groups in total. The Morgan fingerprint density at radius 2 is 1.95 bits per heavy atom. The Morgan fingerprint density at radius 1 is 1.14 bits per heavy atom. The molecule has 0 fully saturated rings. The Bertz CT molecular complexity index is 668. The van der Waals surface area contributed by atoms with E-state index in [0.717, 1.165) is 43.4 Å². The Balaban J connectivity index is 1.63. The maximum atomic E-state index is 12.2. The van der Waals surface area contributed by atoms with E-state index in [9.17, 15) is 4.79 Å². The van der Waals surface area contributed by atoms with Crippen LogP contribution in [-0.4, -0.2) is 11.4 Å². The first kappa shape index (κ1) is 13.8. The molecule has 2 atom stereocenters. The number of hydrogen-bond acceptors (Lipinski definition) is 2. The summed E-state index contributed by atoms with van der Waals surface area (Å²) >= 11 is 0. The lowest BCUT2D eigenvalue weighted by atomic mass is 9.69. The van der Waals surface area contributed by atoms with Crippen LogP contribution in [0.5, 0.6) is 0 Å². The smallest absolute Gasteiger partial charge is 0.162 e. The van der Waals surface area contributed by atoms with E-state index in [0.29, 0.717) is 18.1 Å². The van der Waals surface area contributed by atoms with Crippen LogP contribution in [0.3, 0.4) is 0 Å². The minimum atomic E-state index is -0.130. The van der Waals surface area contributed by atoms with E-state index < -0.39 is 0 Å². The molecule has 0 bridgehead atoms. The third-order valence-corrected chi connectivity index (χ3v) is 5.52. The second-order valence-corrected chi connectivity index (χ2v) is 7.00. The van der Waals surface area contributed by atoms with E-state index in [1.54, 1.807) is 0 Å². The van der Waals surface area contributed by atoms with Crippen LogP contribution in [0.25, 0.3) is 5.57 Å². The van der Waals surface area contributed by atoms with Crippen LogP contribution in [0.15, 0.2) is 47.7 Å². The molecule has 1 aromatic rings. The molecule has 0 aromatic heterocycles. The summed E-state index contributed by atoms with van der Waals surface area (Å²) in [6, 6.07) is 10.6. The van der Waals surface area contributed by atoms with Crippen molar-refractivity contribution in [2.75, 3.05) is 0 Å². The summed E-state index contributed by atoms with van der Waals surface area (Å²) in [5, 5.41) is 0. The molecule has 4 rings (SSSR count). The van der Waals surface area contributed by atoms with E-state index >= 15 is 0 Å². The molecule has 0 unspecified atom stereocenters. The Morgan fingerprint density at radius 3 is 2.77 bits per heavy atom. The Labute approximate surface area is 131 Å². The molecule has 1 heterocycles. The third kappa shape index (κ3) is 2.22. The molecule has 0 spiro atoms. The largest absolute Gasteiger partial charge is 0.491 e. The zero-order valence-corrected chi connectivity index (χ0v) is 13.1. The summed E-state index contributed by atoms with van der Waals surface area (Å²) in [7, 11) is 0. The van der Waals surface area contributed by atoms with Gasteiger partial charge in [-0.15, -0.1) is 0 Å². The number of benzene rings is 1. The minimum Gasteiger partial charge on any atom is -0.491 e. The highest BCUT2D eigenvalue weighted by molar-refractivity contribution is 5.96. The van der Waals surface area contributed by atoms with Crippen molar-refractivity contribution in [2.45, 2.75) is 51.0 Å². The van der Waals surface area contributed by atoms with E-state index in [2.05, 4.69) is 43.3 Å². The number of rotatable bonds is 1. The average molecular weight is 294 g/mol. The number of fused-ring (bicyclic) bond motifs is 1. The van der Waals surface area contributed by atoms with Gasteiger partial charge in [-0.05, 0) is 37.3 Å². The fourth-order valence-corrected chi connectivity index (χ4v) is 4.09. The SMILES string of the molecule is C[C@]12CC=C(c3ccccc3)C[C@H]1CC1=C(CCCC1=O)O2. The quantitative estimate of drug-likeness (QED) is 0.752. The number of carbonyl (C=O) groups excluding carboxylic acids is 1.